The van der Waals surface area contributed by atoms with Gasteiger partial charge in [-0.05, 0) is 43.2 Å². The topological polar surface area (TPSA) is 105 Å². The molecule has 0 aromatic heterocycles. The number of hydrogen-bond acceptors (Lipinski definition) is 5. The molecular formula is C22H31N3O5S. The summed E-state index contributed by atoms with van der Waals surface area (Å²) in [6.45, 7) is 4.94. The summed E-state index contributed by atoms with van der Waals surface area (Å²) >= 11 is 0. The van der Waals surface area contributed by atoms with Gasteiger partial charge in [-0.2, -0.15) is 4.31 Å². The Balaban J connectivity index is 1.37. The molecule has 8 nitrogen and oxygen atoms in total. The molecule has 3 unspecified atom stereocenters. The number of anilines is 1. The van der Waals surface area contributed by atoms with Gasteiger partial charge in [-0.1, -0.05) is 26.7 Å². The molecule has 3 atom stereocenters. The molecule has 1 aromatic rings. The second-order valence-electron chi connectivity index (χ2n) is 9.06. The van der Waals surface area contributed by atoms with Crippen LogP contribution in [0.2, 0.25) is 0 Å². The van der Waals surface area contributed by atoms with Crippen molar-refractivity contribution >= 4 is 27.5 Å². The minimum absolute atomic E-state index is 0.0564. The van der Waals surface area contributed by atoms with E-state index in [1.807, 2.05) is 0 Å². The number of nitrogens with zero attached hydrogens (tertiary/aromatic N) is 1. The zero-order valence-electron chi connectivity index (χ0n) is 18.1. The second-order valence-corrected chi connectivity index (χ2v) is 11.0. The normalized spacial score (nSPS) is 27.7. The molecule has 3 aliphatic rings. The molecule has 1 aromatic carbocycles. The van der Waals surface area contributed by atoms with Gasteiger partial charge < -0.3 is 15.4 Å². The molecule has 2 heterocycles. The molecule has 9 heteroatoms. The predicted molar refractivity (Wildman–Crippen MR) is 116 cm³/mol. The first-order valence-corrected chi connectivity index (χ1v) is 12.6. The number of carbonyl (C=O) groups excluding carboxylic acids is 2. The lowest BCUT2D eigenvalue weighted by molar-refractivity contribution is -0.127. The highest BCUT2D eigenvalue weighted by molar-refractivity contribution is 7.89. The van der Waals surface area contributed by atoms with Gasteiger partial charge in [-0.3, -0.25) is 9.59 Å². The van der Waals surface area contributed by atoms with E-state index in [4.69, 9.17) is 4.74 Å². The van der Waals surface area contributed by atoms with Gasteiger partial charge in [0.2, 0.25) is 15.9 Å². The smallest absolute Gasteiger partial charge is 0.262 e. The fraction of sp³-hybridized carbons (Fsp3) is 0.636. The molecule has 2 fully saturated rings. The zero-order valence-corrected chi connectivity index (χ0v) is 18.9. The zero-order chi connectivity index (χ0) is 22.2. The first kappa shape index (κ1) is 22.1. The number of hydrogen-bond donors (Lipinski definition) is 2. The van der Waals surface area contributed by atoms with Crippen LogP contribution in [-0.4, -0.2) is 50.3 Å². The predicted octanol–water partition coefficient (Wildman–Crippen LogP) is 2.36. The SMILES string of the molecule is CC1CCCC(NC(=O)C2CCN(S(=O)(=O)c3ccc4c(c3)OCC(=O)N4)CC2)C1C. The maximum Gasteiger partial charge on any atom is 0.262 e. The van der Waals surface area contributed by atoms with Crippen LogP contribution >= 0.6 is 0 Å². The second kappa shape index (κ2) is 8.78. The summed E-state index contributed by atoms with van der Waals surface area (Å²) in [5, 5.41) is 5.89. The van der Waals surface area contributed by atoms with Crippen LogP contribution in [0.15, 0.2) is 23.1 Å². The number of piperidine rings is 1. The minimum Gasteiger partial charge on any atom is -0.482 e. The standard InChI is InChI=1S/C22H31N3O5S/c1-14-4-3-5-18(15(14)2)24-22(27)16-8-10-25(11-9-16)31(28,29)17-6-7-19-20(12-17)30-13-21(26)23-19/h6-7,12,14-16,18H,3-5,8-11,13H2,1-2H3,(H,23,26)(H,24,27). The van der Waals surface area contributed by atoms with Crippen molar-refractivity contribution in [3.8, 4) is 5.75 Å². The number of carbonyl (C=O) groups is 2. The Bertz CT molecular complexity index is 956. The summed E-state index contributed by atoms with van der Waals surface area (Å²) in [6, 6.07) is 4.70. The van der Waals surface area contributed by atoms with Crippen molar-refractivity contribution in [3.05, 3.63) is 18.2 Å². The first-order valence-electron chi connectivity index (χ1n) is 11.1. The van der Waals surface area contributed by atoms with Crippen molar-refractivity contribution in [3.63, 3.8) is 0 Å². The number of nitrogens with one attached hydrogen (secondary N) is 2. The van der Waals surface area contributed by atoms with Gasteiger partial charge in [0.1, 0.15) is 5.75 Å². The average Bonchev–Trinajstić information content (AvgIpc) is 2.76. The van der Waals surface area contributed by atoms with E-state index in [9.17, 15) is 18.0 Å². The summed E-state index contributed by atoms with van der Waals surface area (Å²) in [6.07, 6.45) is 4.40. The first-order chi connectivity index (χ1) is 14.8. The molecule has 1 saturated heterocycles. The summed E-state index contributed by atoms with van der Waals surface area (Å²) in [5.74, 6) is 1.07. The van der Waals surface area contributed by atoms with Gasteiger partial charge in [0.15, 0.2) is 6.61 Å². The molecule has 170 valence electrons. The molecule has 2 amide bonds. The molecule has 31 heavy (non-hydrogen) atoms. The Labute approximate surface area is 183 Å². The Morgan fingerprint density at radius 2 is 1.90 bits per heavy atom. The summed E-state index contributed by atoms with van der Waals surface area (Å²) in [4.78, 5) is 24.3. The van der Waals surface area contributed by atoms with E-state index < -0.39 is 10.0 Å². The molecule has 0 radical (unpaired) electrons. The largest absolute Gasteiger partial charge is 0.482 e. The number of benzene rings is 1. The van der Waals surface area contributed by atoms with E-state index in [1.54, 1.807) is 6.07 Å². The molecule has 2 N–H and O–H groups in total. The number of ether oxygens (including phenoxy) is 1. The van der Waals surface area contributed by atoms with Crippen LogP contribution in [-0.2, 0) is 19.6 Å². The highest BCUT2D eigenvalue weighted by Gasteiger charge is 2.35. The summed E-state index contributed by atoms with van der Waals surface area (Å²) in [7, 11) is -3.69. The molecular weight excluding hydrogens is 418 g/mol. The van der Waals surface area contributed by atoms with Crippen molar-refractivity contribution in [1.82, 2.24) is 9.62 Å². The van der Waals surface area contributed by atoms with E-state index in [2.05, 4.69) is 24.5 Å². The maximum absolute atomic E-state index is 13.1. The van der Waals surface area contributed by atoms with Crippen LogP contribution in [0.1, 0.15) is 46.0 Å². The Kier molecular flexibility index (Phi) is 6.25. The van der Waals surface area contributed by atoms with E-state index in [0.29, 0.717) is 49.2 Å². The van der Waals surface area contributed by atoms with E-state index in [0.717, 1.165) is 12.8 Å². The monoisotopic (exact) mass is 449 g/mol. The third-order valence-electron chi connectivity index (χ3n) is 7.08. The summed E-state index contributed by atoms with van der Waals surface area (Å²) in [5.41, 5.74) is 0.469. The van der Waals surface area contributed by atoms with Crippen LogP contribution < -0.4 is 15.4 Å². The number of rotatable bonds is 4. The lowest BCUT2D eigenvalue weighted by Gasteiger charge is -2.36. The third-order valence-corrected chi connectivity index (χ3v) is 8.98. The fourth-order valence-electron chi connectivity index (χ4n) is 4.81. The molecule has 0 spiro atoms. The Morgan fingerprint density at radius 1 is 1.16 bits per heavy atom. The molecule has 0 bridgehead atoms. The third kappa shape index (κ3) is 4.57. The van der Waals surface area contributed by atoms with Crippen LogP contribution in [0.5, 0.6) is 5.75 Å². The molecule has 1 saturated carbocycles. The van der Waals surface area contributed by atoms with E-state index in [1.165, 1.54) is 22.9 Å². The van der Waals surface area contributed by atoms with Crippen molar-refractivity contribution in [2.75, 3.05) is 25.0 Å². The highest BCUT2D eigenvalue weighted by Crippen LogP contribution is 2.33. The van der Waals surface area contributed by atoms with Crippen molar-refractivity contribution in [2.24, 2.45) is 17.8 Å². The molecule has 2 aliphatic heterocycles. The van der Waals surface area contributed by atoms with Gasteiger partial charge in [0, 0.05) is 31.1 Å². The van der Waals surface area contributed by atoms with Gasteiger partial charge in [-0.25, -0.2) is 8.42 Å². The van der Waals surface area contributed by atoms with Gasteiger partial charge in [-0.15, -0.1) is 0 Å². The number of sulfonamides is 1. The Hall–Kier alpha value is -2.13. The van der Waals surface area contributed by atoms with E-state index >= 15 is 0 Å². The quantitative estimate of drug-likeness (QED) is 0.734. The van der Waals surface area contributed by atoms with Crippen molar-refractivity contribution in [1.29, 1.82) is 0 Å². The highest BCUT2D eigenvalue weighted by atomic mass is 32.2. The van der Waals surface area contributed by atoms with Crippen LogP contribution in [0, 0.1) is 17.8 Å². The Morgan fingerprint density at radius 3 is 2.65 bits per heavy atom. The average molecular weight is 450 g/mol. The van der Waals surface area contributed by atoms with Crippen LogP contribution in [0.25, 0.3) is 0 Å². The summed E-state index contributed by atoms with van der Waals surface area (Å²) < 4.78 is 33.0. The van der Waals surface area contributed by atoms with Crippen molar-refractivity contribution in [2.45, 2.75) is 56.9 Å². The minimum atomic E-state index is -3.69. The van der Waals surface area contributed by atoms with E-state index in [-0.39, 0.29) is 35.3 Å². The van der Waals surface area contributed by atoms with Crippen LogP contribution in [0.3, 0.4) is 0 Å². The number of amides is 2. The fourth-order valence-corrected chi connectivity index (χ4v) is 6.29. The van der Waals surface area contributed by atoms with Gasteiger partial charge in [0.05, 0.1) is 10.6 Å². The molecule has 4 rings (SSSR count). The number of fused-ring (bicyclic) bond motifs is 1. The van der Waals surface area contributed by atoms with Crippen molar-refractivity contribution < 1.29 is 22.7 Å². The molecule has 1 aliphatic carbocycles. The lowest BCUT2D eigenvalue weighted by atomic mass is 9.78. The van der Waals surface area contributed by atoms with Gasteiger partial charge in [0.25, 0.3) is 5.91 Å². The van der Waals surface area contributed by atoms with Gasteiger partial charge >= 0.3 is 0 Å². The van der Waals surface area contributed by atoms with Crippen LogP contribution in [0.4, 0.5) is 5.69 Å². The lowest BCUT2D eigenvalue weighted by Crippen LogP contribution is -2.48. The maximum atomic E-state index is 13.1.